The van der Waals surface area contributed by atoms with Crippen LogP contribution in [0.4, 0.5) is 0 Å². The smallest absolute Gasteiger partial charge is 0.333 e. The summed E-state index contributed by atoms with van der Waals surface area (Å²) < 4.78 is 9.94. The van der Waals surface area contributed by atoms with Crippen LogP contribution in [0.1, 0.15) is 19.4 Å². The normalized spacial score (nSPS) is 11.1. The molecule has 1 aromatic carbocycles. The third kappa shape index (κ3) is 3.42. The molecule has 3 nitrogen and oxygen atoms in total. The molecule has 86 valence electrons. The van der Waals surface area contributed by atoms with E-state index in [2.05, 4.69) is 0 Å². The zero-order chi connectivity index (χ0) is 12.0. The summed E-state index contributed by atoms with van der Waals surface area (Å²) in [6, 6.07) is 7.48. The largest absolute Gasteiger partial charge is 0.497 e. The molecule has 0 unspecified atom stereocenters. The van der Waals surface area contributed by atoms with Crippen molar-refractivity contribution in [2.75, 3.05) is 13.7 Å². The Hall–Kier alpha value is -1.77. The first-order chi connectivity index (χ1) is 7.67. The van der Waals surface area contributed by atoms with E-state index in [-0.39, 0.29) is 5.97 Å². The van der Waals surface area contributed by atoms with E-state index in [1.165, 1.54) is 0 Å². The Morgan fingerprint density at radius 3 is 2.44 bits per heavy atom. The minimum atomic E-state index is -0.279. The van der Waals surface area contributed by atoms with Gasteiger partial charge in [0.15, 0.2) is 0 Å². The number of methoxy groups -OCH3 is 1. The molecule has 0 N–H and O–H groups in total. The predicted molar refractivity (Wildman–Crippen MR) is 63.3 cm³/mol. The van der Waals surface area contributed by atoms with Gasteiger partial charge >= 0.3 is 5.97 Å². The number of carbonyl (C=O) groups excluding carboxylic acids is 1. The SMILES string of the molecule is CCOC(=O)C(C)=Cc1ccc(OC)cc1. The topological polar surface area (TPSA) is 35.5 Å². The van der Waals surface area contributed by atoms with Crippen molar-refractivity contribution in [1.29, 1.82) is 0 Å². The molecule has 0 bridgehead atoms. The van der Waals surface area contributed by atoms with E-state index >= 15 is 0 Å². The summed E-state index contributed by atoms with van der Waals surface area (Å²) in [6.45, 7) is 3.92. The molecule has 0 fully saturated rings. The van der Waals surface area contributed by atoms with Gasteiger partial charge in [0, 0.05) is 5.57 Å². The highest BCUT2D eigenvalue weighted by Gasteiger charge is 2.03. The molecule has 0 aliphatic heterocycles. The van der Waals surface area contributed by atoms with Gasteiger partial charge in [-0.1, -0.05) is 12.1 Å². The second-order valence-electron chi connectivity index (χ2n) is 3.32. The number of esters is 1. The summed E-state index contributed by atoms with van der Waals surface area (Å²) in [5.74, 6) is 0.518. The van der Waals surface area contributed by atoms with E-state index < -0.39 is 0 Å². The summed E-state index contributed by atoms with van der Waals surface area (Å²) in [5.41, 5.74) is 1.54. The minimum Gasteiger partial charge on any atom is -0.497 e. The lowest BCUT2D eigenvalue weighted by atomic mass is 10.1. The third-order valence-corrected chi connectivity index (χ3v) is 2.10. The lowest BCUT2D eigenvalue weighted by Gasteiger charge is -2.02. The Balaban J connectivity index is 2.77. The molecule has 0 heterocycles. The fraction of sp³-hybridized carbons (Fsp3) is 0.308. The summed E-state index contributed by atoms with van der Waals surface area (Å²) >= 11 is 0. The van der Waals surface area contributed by atoms with Crippen molar-refractivity contribution in [2.45, 2.75) is 13.8 Å². The van der Waals surface area contributed by atoms with Crippen LogP contribution < -0.4 is 4.74 Å². The maximum absolute atomic E-state index is 11.4. The Morgan fingerprint density at radius 2 is 1.94 bits per heavy atom. The second kappa shape index (κ2) is 5.95. The van der Waals surface area contributed by atoms with Crippen molar-refractivity contribution < 1.29 is 14.3 Å². The van der Waals surface area contributed by atoms with Gasteiger partial charge in [0.05, 0.1) is 13.7 Å². The summed E-state index contributed by atoms with van der Waals surface area (Å²) in [5, 5.41) is 0. The highest BCUT2D eigenvalue weighted by atomic mass is 16.5. The molecule has 0 saturated heterocycles. The standard InChI is InChI=1S/C13H16O3/c1-4-16-13(14)10(2)9-11-5-7-12(15-3)8-6-11/h5-9H,4H2,1-3H3. The number of ether oxygens (including phenoxy) is 2. The van der Waals surface area contributed by atoms with Crippen molar-refractivity contribution in [2.24, 2.45) is 0 Å². The Kier molecular flexibility index (Phi) is 4.58. The third-order valence-electron chi connectivity index (χ3n) is 2.10. The summed E-state index contributed by atoms with van der Waals surface area (Å²) in [6.07, 6.45) is 1.79. The van der Waals surface area contributed by atoms with Crippen molar-refractivity contribution >= 4 is 12.0 Å². The number of benzene rings is 1. The van der Waals surface area contributed by atoms with Crippen molar-refractivity contribution in [3.8, 4) is 5.75 Å². The lowest BCUT2D eigenvalue weighted by Crippen LogP contribution is -2.04. The van der Waals surface area contributed by atoms with Gasteiger partial charge in [0.2, 0.25) is 0 Å². The molecule has 0 atom stereocenters. The fourth-order valence-corrected chi connectivity index (χ4v) is 1.25. The average Bonchev–Trinajstić information content (AvgIpc) is 2.30. The molecular weight excluding hydrogens is 204 g/mol. The zero-order valence-electron chi connectivity index (χ0n) is 9.82. The molecule has 0 radical (unpaired) electrons. The average molecular weight is 220 g/mol. The van der Waals surface area contributed by atoms with Gasteiger partial charge in [0.1, 0.15) is 5.75 Å². The Bertz CT molecular complexity index is 377. The number of hydrogen-bond donors (Lipinski definition) is 0. The minimum absolute atomic E-state index is 0.279. The second-order valence-corrected chi connectivity index (χ2v) is 3.32. The van der Waals surface area contributed by atoms with E-state index in [9.17, 15) is 4.79 Å². The molecule has 1 rings (SSSR count). The molecule has 0 spiro atoms. The molecule has 0 saturated carbocycles. The first-order valence-electron chi connectivity index (χ1n) is 5.17. The van der Waals surface area contributed by atoms with E-state index in [0.29, 0.717) is 12.2 Å². The molecule has 0 amide bonds. The lowest BCUT2D eigenvalue weighted by molar-refractivity contribution is -0.138. The molecule has 0 aliphatic carbocycles. The molecule has 0 aliphatic rings. The van der Waals surface area contributed by atoms with E-state index in [1.807, 2.05) is 24.3 Å². The van der Waals surface area contributed by atoms with Crippen LogP contribution in [0.5, 0.6) is 5.75 Å². The molecule has 3 heteroatoms. The van der Waals surface area contributed by atoms with Crippen LogP contribution in [0.2, 0.25) is 0 Å². The van der Waals surface area contributed by atoms with Crippen LogP contribution in [0, 0.1) is 0 Å². The first kappa shape index (κ1) is 12.3. The van der Waals surface area contributed by atoms with Gasteiger partial charge in [-0.2, -0.15) is 0 Å². The van der Waals surface area contributed by atoms with Crippen molar-refractivity contribution in [1.82, 2.24) is 0 Å². The van der Waals surface area contributed by atoms with Crippen LogP contribution in [0.3, 0.4) is 0 Å². The van der Waals surface area contributed by atoms with E-state index in [1.54, 1.807) is 27.0 Å². The molecule has 0 aromatic heterocycles. The quantitative estimate of drug-likeness (QED) is 0.578. The van der Waals surface area contributed by atoms with Gasteiger partial charge in [-0.05, 0) is 37.6 Å². The predicted octanol–water partition coefficient (Wildman–Crippen LogP) is 2.66. The van der Waals surface area contributed by atoms with Crippen molar-refractivity contribution in [3.63, 3.8) is 0 Å². The van der Waals surface area contributed by atoms with Crippen LogP contribution >= 0.6 is 0 Å². The van der Waals surface area contributed by atoms with Crippen LogP contribution in [-0.2, 0) is 9.53 Å². The number of carbonyl (C=O) groups is 1. The summed E-state index contributed by atoms with van der Waals surface area (Å²) in [4.78, 5) is 11.4. The molecular formula is C13H16O3. The highest BCUT2D eigenvalue weighted by Crippen LogP contribution is 2.14. The van der Waals surface area contributed by atoms with Gasteiger partial charge in [-0.25, -0.2) is 4.79 Å². The van der Waals surface area contributed by atoms with Crippen LogP contribution in [-0.4, -0.2) is 19.7 Å². The number of hydrogen-bond acceptors (Lipinski definition) is 3. The first-order valence-corrected chi connectivity index (χ1v) is 5.17. The maximum atomic E-state index is 11.4. The number of rotatable bonds is 4. The Labute approximate surface area is 95.7 Å². The van der Waals surface area contributed by atoms with Gasteiger partial charge < -0.3 is 9.47 Å². The zero-order valence-corrected chi connectivity index (χ0v) is 9.82. The molecule has 16 heavy (non-hydrogen) atoms. The van der Waals surface area contributed by atoms with Gasteiger partial charge in [0.25, 0.3) is 0 Å². The highest BCUT2D eigenvalue weighted by molar-refractivity contribution is 5.92. The Morgan fingerprint density at radius 1 is 1.31 bits per heavy atom. The summed E-state index contributed by atoms with van der Waals surface area (Å²) in [7, 11) is 1.62. The monoisotopic (exact) mass is 220 g/mol. The van der Waals surface area contributed by atoms with Crippen LogP contribution in [0.15, 0.2) is 29.8 Å². The van der Waals surface area contributed by atoms with Crippen molar-refractivity contribution in [3.05, 3.63) is 35.4 Å². The van der Waals surface area contributed by atoms with Crippen LogP contribution in [0.25, 0.3) is 6.08 Å². The van der Waals surface area contributed by atoms with E-state index in [0.717, 1.165) is 11.3 Å². The van der Waals surface area contributed by atoms with Gasteiger partial charge in [-0.15, -0.1) is 0 Å². The maximum Gasteiger partial charge on any atom is 0.333 e. The fourth-order valence-electron chi connectivity index (χ4n) is 1.25. The van der Waals surface area contributed by atoms with Gasteiger partial charge in [-0.3, -0.25) is 0 Å². The molecule has 1 aromatic rings. The van der Waals surface area contributed by atoms with E-state index in [4.69, 9.17) is 9.47 Å².